The summed E-state index contributed by atoms with van der Waals surface area (Å²) < 4.78 is 11.0. The van der Waals surface area contributed by atoms with Gasteiger partial charge in [-0.25, -0.2) is 4.98 Å². The highest BCUT2D eigenvalue weighted by Crippen LogP contribution is 2.29. The van der Waals surface area contributed by atoms with Gasteiger partial charge in [-0.3, -0.25) is 14.8 Å². The predicted molar refractivity (Wildman–Crippen MR) is 107 cm³/mol. The van der Waals surface area contributed by atoms with Gasteiger partial charge in [0, 0.05) is 31.4 Å². The number of ether oxygens (including phenoxy) is 2. The fraction of sp³-hybridized carbons (Fsp3) is 0.273. The molecule has 1 saturated heterocycles. The summed E-state index contributed by atoms with van der Waals surface area (Å²) in [7, 11) is 1.63. The summed E-state index contributed by atoms with van der Waals surface area (Å²) >= 11 is 0. The third-order valence-corrected chi connectivity index (χ3v) is 5.00. The van der Waals surface area contributed by atoms with Crippen LogP contribution in [0.3, 0.4) is 0 Å². The second-order valence-corrected chi connectivity index (χ2v) is 6.84. The monoisotopic (exact) mass is 390 g/mol. The van der Waals surface area contributed by atoms with E-state index in [4.69, 9.17) is 9.47 Å². The molecule has 1 aliphatic rings. The number of pyridine rings is 1. The summed E-state index contributed by atoms with van der Waals surface area (Å²) in [6.45, 7) is 1.34. The zero-order valence-electron chi connectivity index (χ0n) is 16.2. The molecule has 1 aliphatic heterocycles. The summed E-state index contributed by atoms with van der Waals surface area (Å²) in [5, 5.41) is 0. The Hall–Kier alpha value is -3.48. The van der Waals surface area contributed by atoms with Crippen LogP contribution in [0.15, 0.2) is 61.1 Å². The van der Waals surface area contributed by atoms with Crippen molar-refractivity contribution in [2.75, 3.05) is 20.2 Å². The number of benzene rings is 1. The van der Waals surface area contributed by atoms with E-state index in [9.17, 15) is 4.79 Å². The predicted octanol–water partition coefficient (Wildman–Crippen LogP) is 3.69. The third kappa shape index (κ3) is 4.51. The minimum Gasteiger partial charge on any atom is -0.497 e. The van der Waals surface area contributed by atoms with Crippen LogP contribution in [0.4, 0.5) is 0 Å². The number of hydrogen-bond donors (Lipinski definition) is 0. The quantitative estimate of drug-likeness (QED) is 0.661. The van der Waals surface area contributed by atoms with Crippen LogP contribution < -0.4 is 9.47 Å². The van der Waals surface area contributed by atoms with Crippen LogP contribution in [0, 0.1) is 0 Å². The van der Waals surface area contributed by atoms with Crippen LogP contribution in [0.5, 0.6) is 17.4 Å². The molecule has 0 radical (unpaired) electrons. The lowest BCUT2D eigenvalue weighted by atomic mass is 9.93. The van der Waals surface area contributed by atoms with Crippen molar-refractivity contribution < 1.29 is 14.3 Å². The summed E-state index contributed by atoms with van der Waals surface area (Å²) in [6.07, 6.45) is 6.69. The molecule has 0 bridgehead atoms. The molecule has 7 nitrogen and oxygen atoms in total. The Morgan fingerprint density at radius 3 is 2.48 bits per heavy atom. The van der Waals surface area contributed by atoms with E-state index in [2.05, 4.69) is 15.0 Å². The molecule has 4 rings (SSSR count). The van der Waals surface area contributed by atoms with Gasteiger partial charge in [-0.2, -0.15) is 0 Å². The first kappa shape index (κ1) is 18.9. The zero-order chi connectivity index (χ0) is 20.1. The Bertz CT molecular complexity index is 955. The Kier molecular flexibility index (Phi) is 5.65. The van der Waals surface area contributed by atoms with Crippen molar-refractivity contribution in [2.45, 2.75) is 18.8 Å². The van der Waals surface area contributed by atoms with Gasteiger partial charge in [0.15, 0.2) is 0 Å². The van der Waals surface area contributed by atoms with Crippen LogP contribution in [-0.2, 0) is 0 Å². The lowest BCUT2D eigenvalue weighted by Gasteiger charge is -2.31. The molecule has 0 unspecified atom stereocenters. The van der Waals surface area contributed by atoms with Gasteiger partial charge in [-0.15, -0.1) is 0 Å². The number of carbonyl (C=O) groups is 1. The van der Waals surface area contributed by atoms with Crippen LogP contribution in [0.25, 0.3) is 0 Å². The molecular weight excluding hydrogens is 368 g/mol. The van der Waals surface area contributed by atoms with Crippen molar-refractivity contribution >= 4 is 5.91 Å². The molecule has 3 heterocycles. The molecule has 0 saturated carbocycles. The molecule has 3 aromatic rings. The first-order chi connectivity index (χ1) is 14.2. The SMILES string of the molecule is COc1ccc(Oc2cncc(C3CCN(C(=O)c4ccccn4)CC3)n2)cc1. The molecule has 0 N–H and O–H groups in total. The summed E-state index contributed by atoms with van der Waals surface area (Å²) in [6, 6.07) is 12.7. The molecule has 0 atom stereocenters. The van der Waals surface area contributed by atoms with Crippen molar-refractivity contribution in [1.29, 1.82) is 0 Å². The third-order valence-electron chi connectivity index (χ3n) is 5.00. The normalized spacial score (nSPS) is 14.4. The van der Waals surface area contributed by atoms with E-state index >= 15 is 0 Å². The van der Waals surface area contributed by atoms with Crippen LogP contribution in [0.2, 0.25) is 0 Å². The summed E-state index contributed by atoms with van der Waals surface area (Å²) in [5.74, 6) is 2.12. The highest BCUT2D eigenvalue weighted by atomic mass is 16.5. The molecule has 2 aromatic heterocycles. The lowest BCUT2D eigenvalue weighted by Crippen LogP contribution is -2.38. The fourth-order valence-electron chi connectivity index (χ4n) is 3.40. The van der Waals surface area contributed by atoms with Gasteiger partial charge in [0.25, 0.3) is 5.91 Å². The van der Waals surface area contributed by atoms with Crippen molar-refractivity contribution in [3.63, 3.8) is 0 Å². The standard InChI is InChI=1S/C22H22N4O3/c1-28-17-5-7-18(8-6-17)29-21-15-23-14-20(25-21)16-9-12-26(13-10-16)22(27)19-4-2-3-11-24-19/h2-8,11,14-16H,9-10,12-13H2,1H3. The van der Waals surface area contributed by atoms with Crippen molar-refractivity contribution in [3.8, 4) is 17.4 Å². The summed E-state index contributed by atoms with van der Waals surface area (Å²) in [4.78, 5) is 27.5. The molecule has 1 amide bonds. The van der Waals surface area contributed by atoms with Gasteiger partial charge in [0.1, 0.15) is 17.2 Å². The fourth-order valence-corrected chi connectivity index (χ4v) is 3.40. The van der Waals surface area contributed by atoms with E-state index in [1.165, 1.54) is 0 Å². The number of likely N-dealkylation sites (tertiary alicyclic amines) is 1. The van der Waals surface area contributed by atoms with Crippen molar-refractivity contribution in [1.82, 2.24) is 19.9 Å². The van der Waals surface area contributed by atoms with Gasteiger partial charge in [-0.1, -0.05) is 6.07 Å². The van der Waals surface area contributed by atoms with E-state index in [0.717, 1.165) is 24.3 Å². The minimum atomic E-state index is -0.0216. The molecule has 1 aromatic carbocycles. The van der Waals surface area contributed by atoms with E-state index in [1.807, 2.05) is 41.3 Å². The number of rotatable bonds is 5. The smallest absolute Gasteiger partial charge is 0.272 e. The van der Waals surface area contributed by atoms with Gasteiger partial charge < -0.3 is 14.4 Å². The van der Waals surface area contributed by atoms with Gasteiger partial charge in [0.2, 0.25) is 5.88 Å². The Balaban J connectivity index is 1.38. The average Bonchev–Trinajstić information content (AvgIpc) is 2.80. The number of amides is 1. The largest absolute Gasteiger partial charge is 0.497 e. The topological polar surface area (TPSA) is 77.4 Å². The maximum Gasteiger partial charge on any atom is 0.272 e. The first-order valence-corrected chi connectivity index (χ1v) is 9.57. The first-order valence-electron chi connectivity index (χ1n) is 9.57. The lowest BCUT2D eigenvalue weighted by molar-refractivity contribution is 0.0706. The van der Waals surface area contributed by atoms with Gasteiger partial charge in [-0.05, 0) is 49.2 Å². The second-order valence-electron chi connectivity index (χ2n) is 6.84. The number of carbonyl (C=O) groups excluding carboxylic acids is 1. The molecule has 7 heteroatoms. The van der Waals surface area contributed by atoms with Gasteiger partial charge in [0.05, 0.1) is 19.0 Å². The highest BCUT2D eigenvalue weighted by Gasteiger charge is 2.26. The van der Waals surface area contributed by atoms with Gasteiger partial charge >= 0.3 is 0 Å². The average molecular weight is 390 g/mol. The number of aromatic nitrogens is 3. The van der Waals surface area contributed by atoms with E-state index in [1.54, 1.807) is 31.8 Å². The number of methoxy groups -OCH3 is 1. The zero-order valence-corrected chi connectivity index (χ0v) is 16.2. The Morgan fingerprint density at radius 1 is 1.03 bits per heavy atom. The molecule has 0 spiro atoms. The molecule has 29 heavy (non-hydrogen) atoms. The van der Waals surface area contributed by atoms with Crippen LogP contribution in [0.1, 0.15) is 34.9 Å². The molecule has 0 aliphatic carbocycles. The Morgan fingerprint density at radius 2 is 1.79 bits per heavy atom. The van der Waals surface area contributed by atoms with Crippen LogP contribution in [-0.4, -0.2) is 46.0 Å². The number of piperidine rings is 1. The van der Waals surface area contributed by atoms with Crippen molar-refractivity contribution in [3.05, 3.63) is 72.4 Å². The van der Waals surface area contributed by atoms with Crippen molar-refractivity contribution in [2.24, 2.45) is 0 Å². The summed E-state index contributed by atoms with van der Waals surface area (Å²) in [5.41, 5.74) is 1.38. The molecular formula is C22H22N4O3. The van der Waals surface area contributed by atoms with E-state index < -0.39 is 0 Å². The number of hydrogen-bond acceptors (Lipinski definition) is 6. The number of nitrogens with zero attached hydrogens (tertiary/aromatic N) is 4. The highest BCUT2D eigenvalue weighted by molar-refractivity contribution is 5.92. The molecule has 148 valence electrons. The molecule has 1 fully saturated rings. The van der Waals surface area contributed by atoms with E-state index in [-0.39, 0.29) is 11.8 Å². The van der Waals surface area contributed by atoms with E-state index in [0.29, 0.717) is 30.4 Å². The second kappa shape index (κ2) is 8.68. The maximum absolute atomic E-state index is 12.6. The Labute approximate surface area is 169 Å². The maximum atomic E-state index is 12.6. The minimum absolute atomic E-state index is 0.0216. The van der Waals surface area contributed by atoms with Crippen LogP contribution >= 0.6 is 0 Å².